The molecular formula is C23H29FN4O2S. The molecule has 1 amide bonds. The minimum atomic E-state index is -0.248. The summed E-state index contributed by atoms with van der Waals surface area (Å²) in [5.74, 6) is 0.644. The van der Waals surface area contributed by atoms with Crippen LogP contribution in [-0.4, -0.2) is 47.7 Å². The van der Waals surface area contributed by atoms with Crippen molar-refractivity contribution >= 4 is 29.0 Å². The molecule has 1 saturated heterocycles. The predicted octanol–water partition coefficient (Wildman–Crippen LogP) is 4.44. The van der Waals surface area contributed by atoms with Crippen LogP contribution in [-0.2, 0) is 9.63 Å². The molecule has 0 aliphatic carbocycles. The van der Waals surface area contributed by atoms with Gasteiger partial charge in [0.15, 0.2) is 5.76 Å². The van der Waals surface area contributed by atoms with Crippen LogP contribution >= 0.6 is 11.3 Å². The second kappa shape index (κ2) is 11.7. The van der Waals surface area contributed by atoms with Crippen LogP contribution < -0.4 is 5.32 Å². The Morgan fingerprint density at radius 3 is 2.55 bits per heavy atom. The number of carbonyl (C=O) groups is 1. The monoisotopic (exact) mass is 444 g/mol. The molecule has 166 valence electrons. The van der Waals surface area contributed by atoms with Gasteiger partial charge in [0, 0.05) is 29.6 Å². The first-order chi connectivity index (χ1) is 15.1. The lowest BCUT2D eigenvalue weighted by Crippen LogP contribution is -2.32. The number of allylic oxidation sites excluding steroid dienone is 1. The van der Waals surface area contributed by atoms with Crippen LogP contribution in [0.2, 0.25) is 0 Å². The zero-order valence-corrected chi connectivity index (χ0v) is 18.8. The molecule has 0 radical (unpaired) electrons. The number of halogens is 1. The Kier molecular flexibility index (Phi) is 8.73. The van der Waals surface area contributed by atoms with Crippen LogP contribution in [0.3, 0.4) is 0 Å². The van der Waals surface area contributed by atoms with E-state index in [1.54, 1.807) is 23.5 Å². The average Bonchev–Trinajstić information content (AvgIpc) is 3.31. The van der Waals surface area contributed by atoms with Gasteiger partial charge in [-0.15, -0.1) is 11.3 Å². The number of nitrogens with one attached hydrogen (secondary N) is 1. The number of aromatic nitrogens is 1. The highest BCUT2D eigenvalue weighted by molar-refractivity contribution is 7.10. The summed E-state index contributed by atoms with van der Waals surface area (Å²) in [6, 6.07) is 6.67. The van der Waals surface area contributed by atoms with Crippen molar-refractivity contribution in [3.8, 4) is 0 Å². The molecule has 6 nitrogen and oxygen atoms in total. The molecule has 1 fully saturated rings. The number of amides is 1. The number of likely N-dealkylation sites (tertiary alicyclic amines) is 1. The molecule has 0 atom stereocenters. The Balaban J connectivity index is 0.000000401. The molecule has 2 aliphatic rings. The van der Waals surface area contributed by atoms with Crippen LogP contribution in [0.25, 0.3) is 5.57 Å². The molecule has 2 aliphatic heterocycles. The van der Waals surface area contributed by atoms with Gasteiger partial charge in [0.1, 0.15) is 10.8 Å². The molecule has 0 unspecified atom stereocenters. The first kappa shape index (κ1) is 23.1. The first-order valence-corrected chi connectivity index (χ1v) is 11.5. The lowest BCUT2D eigenvalue weighted by Gasteiger charge is -2.28. The fourth-order valence-electron chi connectivity index (χ4n) is 3.41. The number of thiazole rings is 1. The van der Waals surface area contributed by atoms with Gasteiger partial charge in [-0.2, -0.15) is 0 Å². The van der Waals surface area contributed by atoms with Crippen molar-refractivity contribution in [2.24, 2.45) is 5.16 Å². The summed E-state index contributed by atoms with van der Waals surface area (Å²) in [7, 11) is 0. The minimum absolute atomic E-state index is 0.248. The lowest BCUT2D eigenvalue weighted by atomic mass is 10.0. The van der Waals surface area contributed by atoms with E-state index >= 15 is 0 Å². The van der Waals surface area contributed by atoms with E-state index in [4.69, 9.17) is 4.84 Å². The lowest BCUT2D eigenvalue weighted by molar-refractivity contribution is -0.109. The van der Waals surface area contributed by atoms with E-state index in [1.165, 1.54) is 31.4 Å². The van der Waals surface area contributed by atoms with E-state index in [1.807, 2.05) is 25.4 Å². The third-order valence-electron chi connectivity index (χ3n) is 5.03. The number of piperidine rings is 1. The third kappa shape index (κ3) is 6.97. The summed E-state index contributed by atoms with van der Waals surface area (Å²) in [5.41, 5.74) is 2.79. The predicted molar refractivity (Wildman–Crippen MR) is 122 cm³/mol. The summed E-state index contributed by atoms with van der Waals surface area (Å²) in [4.78, 5) is 22.2. The molecule has 0 bridgehead atoms. The smallest absolute Gasteiger partial charge is 0.207 e. The molecule has 1 aromatic heterocycles. The standard InChI is InChI=1S/C19H20FN3OS.C4H9NO/c20-15-6-4-14(5-7-15)17-12-16(19-21-8-11-25-19)18(24-22-17)13-23-9-2-1-3-10-23;1-4(2)5-3-6/h4-8,11H,1-3,9-10,12-13H2;3-4H,1-2H3,(H,5,6). The summed E-state index contributed by atoms with van der Waals surface area (Å²) in [6.45, 7) is 6.80. The second-order valence-corrected chi connectivity index (χ2v) is 8.72. The molecule has 4 rings (SSSR count). The Morgan fingerprint density at radius 1 is 1.23 bits per heavy atom. The maximum Gasteiger partial charge on any atom is 0.207 e. The molecule has 1 N–H and O–H groups in total. The van der Waals surface area contributed by atoms with Crippen LogP contribution in [0.4, 0.5) is 4.39 Å². The van der Waals surface area contributed by atoms with Gasteiger partial charge in [-0.1, -0.05) is 23.7 Å². The quantitative estimate of drug-likeness (QED) is 0.669. The number of benzene rings is 1. The fraction of sp³-hybridized carbons (Fsp3) is 0.435. The van der Waals surface area contributed by atoms with Crippen molar-refractivity contribution in [3.05, 3.63) is 58.0 Å². The Hall–Kier alpha value is -2.58. The molecule has 0 saturated carbocycles. The van der Waals surface area contributed by atoms with Gasteiger partial charge in [0.25, 0.3) is 0 Å². The molecule has 8 heteroatoms. The van der Waals surface area contributed by atoms with E-state index in [0.717, 1.165) is 47.2 Å². The van der Waals surface area contributed by atoms with E-state index < -0.39 is 0 Å². The number of hydrogen-bond donors (Lipinski definition) is 1. The molecular weight excluding hydrogens is 415 g/mol. The molecule has 3 heterocycles. The van der Waals surface area contributed by atoms with Gasteiger partial charge in [0.05, 0.1) is 12.3 Å². The van der Waals surface area contributed by atoms with Gasteiger partial charge in [-0.25, -0.2) is 9.37 Å². The molecule has 2 aromatic rings. The summed E-state index contributed by atoms with van der Waals surface area (Å²) < 4.78 is 13.2. The van der Waals surface area contributed by atoms with Crippen LogP contribution in [0.1, 0.15) is 50.1 Å². The normalized spacial score (nSPS) is 16.8. The van der Waals surface area contributed by atoms with E-state index in [0.29, 0.717) is 12.8 Å². The maximum atomic E-state index is 13.2. The zero-order valence-electron chi connectivity index (χ0n) is 18.0. The highest BCUT2D eigenvalue weighted by atomic mass is 32.1. The van der Waals surface area contributed by atoms with E-state index in [2.05, 4.69) is 20.4 Å². The van der Waals surface area contributed by atoms with Crippen molar-refractivity contribution in [3.63, 3.8) is 0 Å². The summed E-state index contributed by atoms with van der Waals surface area (Å²) >= 11 is 1.61. The van der Waals surface area contributed by atoms with Crippen molar-refractivity contribution < 1.29 is 14.0 Å². The molecule has 31 heavy (non-hydrogen) atoms. The van der Waals surface area contributed by atoms with Crippen molar-refractivity contribution in [1.82, 2.24) is 15.2 Å². The van der Waals surface area contributed by atoms with Gasteiger partial charge >= 0.3 is 0 Å². The number of hydrogen-bond acceptors (Lipinski definition) is 6. The van der Waals surface area contributed by atoms with Gasteiger partial charge < -0.3 is 10.2 Å². The highest BCUT2D eigenvalue weighted by Crippen LogP contribution is 2.31. The number of rotatable bonds is 6. The molecule has 0 spiro atoms. The minimum Gasteiger partial charge on any atom is -0.359 e. The third-order valence-corrected chi connectivity index (χ3v) is 5.86. The fourth-order valence-corrected chi connectivity index (χ4v) is 4.11. The average molecular weight is 445 g/mol. The number of carbonyl (C=O) groups excluding carboxylic acids is 1. The van der Waals surface area contributed by atoms with Crippen LogP contribution in [0.15, 0.2) is 46.8 Å². The summed E-state index contributed by atoms with van der Waals surface area (Å²) in [5, 5.41) is 9.80. The highest BCUT2D eigenvalue weighted by Gasteiger charge is 2.24. The Morgan fingerprint density at radius 2 is 1.97 bits per heavy atom. The zero-order chi connectivity index (χ0) is 22.1. The Bertz CT molecular complexity index is 889. The molecule has 1 aromatic carbocycles. The van der Waals surface area contributed by atoms with E-state index in [9.17, 15) is 9.18 Å². The van der Waals surface area contributed by atoms with Crippen molar-refractivity contribution in [1.29, 1.82) is 0 Å². The topological polar surface area (TPSA) is 66.8 Å². The van der Waals surface area contributed by atoms with Gasteiger partial charge in [-0.3, -0.25) is 9.69 Å². The van der Waals surface area contributed by atoms with Crippen molar-refractivity contribution in [2.45, 2.75) is 45.6 Å². The van der Waals surface area contributed by atoms with Gasteiger partial charge in [0.2, 0.25) is 6.41 Å². The number of oxime groups is 1. The van der Waals surface area contributed by atoms with Crippen LogP contribution in [0.5, 0.6) is 0 Å². The van der Waals surface area contributed by atoms with E-state index in [-0.39, 0.29) is 11.9 Å². The SMILES string of the molecule is CC(C)NC=O.Fc1ccc(C2=NOC(CN3CCCCC3)=C(c3nccs3)C2)cc1. The van der Waals surface area contributed by atoms with Crippen molar-refractivity contribution in [2.75, 3.05) is 19.6 Å². The van der Waals surface area contributed by atoms with Crippen LogP contribution in [0, 0.1) is 5.82 Å². The summed E-state index contributed by atoms with van der Waals surface area (Å²) in [6.07, 6.45) is 6.96. The second-order valence-electron chi connectivity index (χ2n) is 7.83. The number of nitrogens with zero attached hydrogens (tertiary/aromatic N) is 3. The maximum absolute atomic E-state index is 13.2. The first-order valence-electron chi connectivity index (χ1n) is 10.6. The Labute approximate surface area is 186 Å². The largest absolute Gasteiger partial charge is 0.359 e. The van der Waals surface area contributed by atoms with Gasteiger partial charge in [-0.05, 0) is 57.5 Å².